The molecule has 8 heteroatoms. The number of ether oxygens (including phenoxy) is 1. The first-order valence-electron chi connectivity index (χ1n) is 8.03. The molecule has 0 saturated heterocycles. The number of halogens is 1. The Bertz CT molecular complexity index is 831. The first-order valence-corrected chi connectivity index (χ1v) is 9.22. The Morgan fingerprint density at radius 2 is 1.96 bits per heavy atom. The normalized spacial score (nSPS) is 11.3. The van der Waals surface area contributed by atoms with Crippen LogP contribution in [-0.4, -0.2) is 41.2 Å². The highest BCUT2D eigenvalue weighted by molar-refractivity contribution is 7.15. The SMILES string of the molecule is CCOC(=O)C(C)=NN(C)C(=O)Cc1nc(-c2ccc(Cl)cc2)sc1C. The number of hydrogen-bond acceptors (Lipinski definition) is 6. The number of amides is 1. The van der Waals surface area contributed by atoms with Crippen LogP contribution in [0.4, 0.5) is 0 Å². The van der Waals surface area contributed by atoms with Gasteiger partial charge in [0.15, 0.2) is 0 Å². The molecule has 2 aromatic rings. The van der Waals surface area contributed by atoms with Crippen LogP contribution < -0.4 is 0 Å². The molecule has 0 aliphatic rings. The zero-order valence-electron chi connectivity index (χ0n) is 15.1. The molecule has 2 rings (SSSR count). The minimum Gasteiger partial charge on any atom is -0.461 e. The maximum absolute atomic E-state index is 12.4. The molecule has 1 aromatic carbocycles. The predicted molar refractivity (Wildman–Crippen MR) is 104 cm³/mol. The van der Waals surface area contributed by atoms with E-state index in [1.807, 2.05) is 19.1 Å². The third kappa shape index (κ3) is 5.12. The molecule has 0 N–H and O–H groups in total. The molecule has 26 heavy (non-hydrogen) atoms. The summed E-state index contributed by atoms with van der Waals surface area (Å²) >= 11 is 7.43. The van der Waals surface area contributed by atoms with E-state index in [0.29, 0.717) is 10.7 Å². The molecule has 0 saturated carbocycles. The number of hydrazone groups is 1. The largest absolute Gasteiger partial charge is 0.461 e. The number of carbonyl (C=O) groups excluding carboxylic acids is 2. The van der Waals surface area contributed by atoms with Gasteiger partial charge in [0.2, 0.25) is 5.91 Å². The third-order valence-electron chi connectivity index (χ3n) is 3.53. The van der Waals surface area contributed by atoms with Crippen LogP contribution in [0.25, 0.3) is 10.6 Å². The van der Waals surface area contributed by atoms with E-state index in [2.05, 4.69) is 10.1 Å². The van der Waals surface area contributed by atoms with E-state index in [4.69, 9.17) is 16.3 Å². The lowest BCUT2D eigenvalue weighted by Gasteiger charge is -2.11. The van der Waals surface area contributed by atoms with Crippen LogP contribution in [0.1, 0.15) is 24.4 Å². The Kier molecular flexibility index (Phi) is 6.88. The van der Waals surface area contributed by atoms with Crippen molar-refractivity contribution in [2.24, 2.45) is 5.10 Å². The summed E-state index contributed by atoms with van der Waals surface area (Å²) in [6, 6.07) is 7.40. The highest BCUT2D eigenvalue weighted by Gasteiger charge is 2.17. The molecule has 1 heterocycles. The van der Waals surface area contributed by atoms with Gasteiger partial charge in [0.1, 0.15) is 10.7 Å². The molecular formula is C18H20ClN3O3S. The summed E-state index contributed by atoms with van der Waals surface area (Å²) in [6.07, 6.45) is 0.103. The van der Waals surface area contributed by atoms with Crippen LogP contribution >= 0.6 is 22.9 Å². The number of aryl methyl sites for hydroxylation is 1. The number of carbonyl (C=O) groups is 2. The second-order valence-corrected chi connectivity index (χ2v) is 7.17. The van der Waals surface area contributed by atoms with Gasteiger partial charge < -0.3 is 4.74 Å². The van der Waals surface area contributed by atoms with Gasteiger partial charge in [-0.25, -0.2) is 14.8 Å². The zero-order valence-corrected chi connectivity index (χ0v) is 16.6. The molecular weight excluding hydrogens is 374 g/mol. The van der Waals surface area contributed by atoms with E-state index < -0.39 is 5.97 Å². The third-order valence-corrected chi connectivity index (χ3v) is 4.85. The quantitative estimate of drug-likeness (QED) is 0.426. The van der Waals surface area contributed by atoms with Gasteiger partial charge in [-0.3, -0.25) is 4.79 Å². The van der Waals surface area contributed by atoms with Crippen molar-refractivity contribution in [3.05, 3.63) is 39.9 Å². The van der Waals surface area contributed by atoms with Gasteiger partial charge in [-0.1, -0.05) is 23.7 Å². The van der Waals surface area contributed by atoms with Crippen LogP contribution in [0, 0.1) is 6.92 Å². The molecule has 0 spiro atoms. The molecule has 138 valence electrons. The topological polar surface area (TPSA) is 71.9 Å². The minimum absolute atomic E-state index is 0.103. The Hall–Kier alpha value is -2.25. The van der Waals surface area contributed by atoms with Crippen LogP contribution in [0.2, 0.25) is 5.02 Å². The summed E-state index contributed by atoms with van der Waals surface area (Å²) in [6.45, 7) is 5.40. The number of aromatic nitrogens is 1. The van der Waals surface area contributed by atoms with Gasteiger partial charge >= 0.3 is 5.97 Å². The summed E-state index contributed by atoms with van der Waals surface area (Å²) in [5.74, 6) is -0.799. The molecule has 0 atom stereocenters. The van der Waals surface area contributed by atoms with E-state index in [1.54, 1.807) is 19.1 Å². The van der Waals surface area contributed by atoms with Crippen LogP contribution in [-0.2, 0) is 20.7 Å². The molecule has 0 fully saturated rings. The van der Waals surface area contributed by atoms with E-state index >= 15 is 0 Å². The van der Waals surface area contributed by atoms with Gasteiger partial charge in [-0.15, -0.1) is 11.3 Å². The number of likely N-dealkylation sites (N-methyl/N-ethyl adjacent to an activating group) is 1. The fourth-order valence-corrected chi connectivity index (χ4v) is 3.18. The fraction of sp³-hybridized carbons (Fsp3) is 0.333. The highest BCUT2D eigenvalue weighted by Crippen LogP contribution is 2.28. The summed E-state index contributed by atoms with van der Waals surface area (Å²) in [4.78, 5) is 29.5. The average molecular weight is 394 g/mol. The fourth-order valence-electron chi connectivity index (χ4n) is 2.12. The van der Waals surface area contributed by atoms with Gasteiger partial charge in [0.05, 0.1) is 18.7 Å². The molecule has 6 nitrogen and oxygen atoms in total. The first-order chi connectivity index (χ1) is 12.3. The second-order valence-electron chi connectivity index (χ2n) is 5.53. The predicted octanol–water partition coefficient (Wildman–Crippen LogP) is 3.71. The van der Waals surface area contributed by atoms with E-state index in [1.165, 1.54) is 25.3 Å². The molecule has 1 aromatic heterocycles. The van der Waals surface area contributed by atoms with Crippen molar-refractivity contribution in [3.63, 3.8) is 0 Å². The van der Waals surface area contributed by atoms with Crippen molar-refractivity contribution in [1.82, 2.24) is 9.99 Å². The summed E-state index contributed by atoms with van der Waals surface area (Å²) in [7, 11) is 1.51. The van der Waals surface area contributed by atoms with Crippen LogP contribution in [0.5, 0.6) is 0 Å². The number of nitrogens with zero attached hydrogens (tertiary/aromatic N) is 3. The standard InChI is InChI=1S/C18H20ClN3O3S/c1-5-25-18(24)11(2)21-22(4)16(23)10-15-12(3)26-17(20-15)13-6-8-14(19)9-7-13/h6-9H,5,10H2,1-4H3. The molecule has 0 aliphatic carbocycles. The molecule has 1 amide bonds. The maximum atomic E-state index is 12.4. The number of rotatable bonds is 6. The lowest BCUT2D eigenvalue weighted by atomic mass is 10.2. The number of benzene rings is 1. The summed E-state index contributed by atoms with van der Waals surface area (Å²) in [5, 5.41) is 6.62. The van der Waals surface area contributed by atoms with E-state index in [9.17, 15) is 9.59 Å². The molecule has 0 unspecified atom stereocenters. The second kappa shape index (κ2) is 8.91. The lowest BCUT2D eigenvalue weighted by molar-refractivity contribution is -0.135. The van der Waals surface area contributed by atoms with Crippen molar-refractivity contribution in [3.8, 4) is 10.6 Å². The van der Waals surface area contributed by atoms with Crippen molar-refractivity contribution in [2.75, 3.05) is 13.7 Å². The van der Waals surface area contributed by atoms with Gasteiger partial charge in [-0.05, 0) is 32.9 Å². The smallest absolute Gasteiger partial charge is 0.354 e. The zero-order chi connectivity index (χ0) is 19.3. The van der Waals surface area contributed by atoms with Gasteiger partial charge in [0.25, 0.3) is 0 Å². The maximum Gasteiger partial charge on any atom is 0.354 e. The van der Waals surface area contributed by atoms with Crippen molar-refractivity contribution < 1.29 is 14.3 Å². The molecule has 0 bridgehead atoms. The lowest BCUT2D eigenvalue weighted by Crippen LogP contribution is -2.27. The highest BCUT2D eigenvalue weighted by atomic mass is 35.5. The van der Waals surface area contributed by atoms with Crippen molar-refractivity contribution in [2.45, 2.75) is 27.2 Å². The molecule has 0 aliphatic heterocycles. The minimum atomic E-state index is -0.540. The Morgan fingerprint density at radius 1 is 1.31 bits per heavy atom. The van der Waals surface area contributed by atoms with Crippen molar-refractivity contribution >= 4 is 40.5 Å². The Morgan fingerprint density at radius 3 is 2.58 bits per heavy atom. The Balaban J connectivity index is 2.10. The first kappa shape index (κ1) is 20.1. The number of thiazole rings is 1. The average Bonchev–Trinajstić information content (AvgIpc) is 2.96. The van der Waals surface area contributed by atoms with Crippen LogP contribution in [0.15, 0.2) is 29.4 Å². The van der Waals surface area contributed by atoms with Gasteiger partial charge in [0, 0.05) is 22.5 Å². The summed E-state index contributed by atoms with van der Waals surface area (Å²) in [5.41, 5.74) is 1.77. The molecule has 0 radical (unpaired) electrons. The number of hydrogen-bond donors (Lipinski definition) is 0. The van der Waals surface area contributed by atoms with Crippen molar-refractivity contribution in [1.29, 1.82) is 0 Å². The monoisotopic (exact) mass is 393 g/mol. The Labute approximate surface area is 161 Å². The number of esters is 1. The van der Waals surface area contributed by atoms with E-state index in [0.717, 1.165) is 20.5 Å². The van der Waals surface area contributed by atoms with E-state index in [-0.39, 0.29) is 24.6 Å². The van der Waals surface area contributed by atoms with Crippen LogP contribution in [0.3, 0.4) is 0 Å². The summed E-state index contributed by atoms with van der Waals surface area (Å²) < 4.78 is 4.85. The van der Waals surface area contributed by atoms with Gasteiger partial charge in [-0.2, -0.15) is 5.10 Å².